The fraction of sp³-hybridized carbons (Fsp3) is 0.318. The maximum Gasteiger partial charge on any atom is 0.297 e. The van der Waals surface area contributed by atoms with Gasteiger partial charge in [0.2, 0.25) is 5.75 Å². The summed E-state index contributed by atoms with van der Waals surface area (Å²) in [6.07, 6.45) is -0.361. The van der Waals surface area contributed by atoms with E-state index in [0.29, 0.717) is 39.5 Å². The monoisotopic (exact) mass is 423 g/mol. The van der Waals surface area contributed by atoms with Crippen molar-refractivity contribution in [2.45, 2.75) is 47.3 Å². The van der Waals surface area contributed by atoms with Crippen LogP contribution in [0.4, 0.5) is 4.39 Å². The predicted octanol–water partition coefficient (Wildman–Crippen LogP) is 3.30. The molecule has 2 aromatic heterocycles. The molecular weight excluding hydrogens is 401 g/mol. The highest BCUT2D eigenvalue weighted by Gasteiger charge is 2.22. The van der Waals surface area contributed by atoms with Gasteiger partial charge in [-0.05, 0) is 57.9 Å². The summed E-state index contributed by atoms with van der Waals surface area (Å²) < 4.78 is 21.3. The molecule has 0 saturated heterocycles. The number of aryl methyl sites for hydroxylation is 4. The van der Waals surface area contributed by atoms with Crippen LogP contribution in [-0.4, -0.2) is 19.5 Å². The Bertz CT molecular complexity index is 1300. The van der Waals surface area contributed by atoms with Gasteiger partial charge in [0.1, 0.15) is 23.4 Å². The Hall–Kier alpha value is -3.80. The van der Waals surface area contributed by atoms with Crippen molar-refractivity contribution in [1.82, 2.24) is 19.5 Å². The summed E-state index contributed by atoms with van der Waals surface area (Å²) in [5.74, 6) is 0.556. The quantitative estimate of drug-likeness (QED) is 0.674. The summed E-state index contributed by atoms with van der Waals surface area (Å²) in [6, 6.07) is 5.30. The van der Waals surface area contributed by atoms with Gasteiger partial charge >= 0.3 is 0 Å². The van der Waals surface area contributed by atoms with Crippen LogP contribution in [0.3, 0.4) is 0 Å². The third kappa shape index (κ3) is 4.38. The zero-order valence-electron chi connectivity index (χ0n) is 17.9. The lowest BCUT2D eigenvalue weighted by atomic mass is 10.1. The van der Waals surface area contributed by atoms with E-state index in [1.165, 1.54) is 17.8 Å². The number of nitriles is 1. The summed E-state index contributed by atoms with van der Waals surface area (Å²) in [6.45, 7) is 7.97. The molecule has 9 heteroatoms. The standard InChI is InChI=1S/C22H22FN5O3/c1-11-6-16(8-24)7-12(2)19(11)31-20-18(13(3)23)25-10-28(22(20)30)9-17-14(4)26-15(5)27-21(17)29/h6-7,10,13H,9H2,1-5H3,(H,26,27,29). The molecule has 1 unspecified atom stereocenters. The molecule has 160 valence electrons. The van der Waals surface area contributed by atoms with Crippen molar-refractivity contribution in [1.29, 1.82) is 5.26 Å². The van der Waals surface area contributed by atoms with Gasteiger partial charge in [-0.25, -0.2) is 14.4 Å². The van der Waals surface area contributed by atoms with E-state index < -0.39 is 11.7 Å². The summed E-state index contributed by atoms with van der Waals surface area (Å²) in [5, 5.41) is 9.13. The molecule has 0 radical (unpaired) electrons. The lowest BCUT2D eigenvalue weighted by Gasteiger charge is -2.16. The predicted molar refractivity (Wildman–Crippen MR) is 112 cm³/mol. The van der Waals surface area contributed by atoms with Crippen LogP contribution in [0.25, 0.3) is 0 Å². The van der Waals surface area contributed by atoms with Crippen LogP contribution >= 0.6 is 0 Å². The number of hydrogen-bond donors (Lipinski definition) is 1. The van der Waals surface area contributed by atoms with Crippen molar-refractivity contribution in [2.24, 2.45) is 0 Å². The van der Waals surface area contributed by atoms with Gasteiger partial charge in [0.05, 0.1) is 30.1 Å². The minimum Gasteiger partial charge on any atom is -0.449 e. The zero-order chi connectivity index (χ0) is 22.9. The van der Waals surface area contributed by atoms with Crippen LogP contribution in [0.15, 0.2) is 28.0 Å². The second kappa shape index (κ2) is 8.52. The van der Waals surface area contributed by atoms with Crippen molar-refractivity contribution in [3.05, 3.63) is 78.6 Å². The first kappa shape index (κ1) is 21.9. The molecule has 3 rings (SSSR count). The average molecular weight is 423 g/mol. The van der Waals surface area contributed by atoms with E-state index in [1.807, 2.05) is 0 Å². The van der Waals surface area contributed by atoms with E-state index >= 15 is 0 Å². The number of benzene rings is 1. The van der Waals surface area contributed by atoms with Gasteiger partial charge in [0, 0.05) is 5.69 Å². The number of alkyl halides is 1. The van der Waals surface area contributed by atoms with Crippen LogP contribution in [0.1, 0.15) is 52.6 Å². The second-order valence-corrected chi connectivity index (χ2v) is 7.38. The number of hydrogen-bond acceptors (Lipinski definition) is 6. The number of aromatic amines is 1. The molecule has 0 fully saturated rings. The van der Waals surface area contributed by atoms with Gasteiger partial charge in [-0.1, -0.05) is 0 Å². The van der Waals surface area contributed by atoms with E-state index in [0.717, 1.165) is 0 Å². The normalized spacial score (nSPS) is 11.8. The molecule has 0 aliphatic carbocycles. The fourth-order valence-electron chi connectivity index (χ4n) is 3.36. The van der Waals surface area contributed by atoms with Gasteiger partial charge in [-0.15, -0.1) is 0 Å². The van der Waals surface area contributed by atoms with E-state index in [9.17, 15) is 14.0 Å². The summed E-state index contributed by atoms with van der Waals surface area (Å²) in [5.41, 5.74) is 1.35. The van der Waals surface area contributed by atoms with Crippen LogP contribution in [0.5, 0.6) is 11.5 Å². The van der Waals surface area contributed by atoms with Crippen molar-refractivity contribution in [3.8, 4) is 17.6 Å². The highest BCUT2D eigenvalue weighted by Crippen LogP contribution is 2.32. The third-order valence-corrected chi connectivity index (χ3v) is 4.86. The molecule has 0 amide bonds. The van der Waals surface area contributed by atoms with Crippen molar-refractivity contribution >= 4 is 0 Å². The summed E-state index contributed by atoms with van der Waals surface area (Å²) >= 11 is 0. The van der Waals surface area contributed by atoms with Gasteiger partial charge in [-0.3, -0.25) is 14.2 Å². The highest BCUT2D eigenvalue weighted by molar-refractivity contribution is 5.49. The summed E-state index contributed by atoms with van der Waals surface area (Å²) in [7, 11) is 0. The second-order valence-electron chi connectivity index (χ2n) is 7.38. The number of halogens is 1. The van der Waals surface area contributed by atoms with E-state index in [1.54, 1.807) is 39.8 Å². The molecule has 3 aromatic rings. The zero-order valence-corrected chi connectivity index (χ0v) is 17.9. The molecule has 1 aromatic carbocycles. The highest BCUT2D eigenvalue weighted by atomic mass is 19.1. The number of nitrogens with one attached hydrogen (secondary N) is 1. The first-order valence-electron chi connectivity index (χ1n) is 9.61. The molecule has 0 bridgehead atoms. The Morgan fingerprint density at radius 2 is 1.84 bits per heavy atom. The minimum absolute atomic E-state index is 0.0943. The van der Waals surface area contributed by atoms with E-state index in [-0.39, 0.29) is 23.5 Å². The largest absolute Gasteiger partial charge is 0.449 e. The lowest BCUT2D eigenvalue weighted by Crippen LogP contribution is -2.28. The number of nitrogens with zero attached hydrogens (tertiary/aromatic N) is 4. The smallest absolute Gasteiger partial charge is 0.297 e. The van der Waals surface area contributed by atoms with Crippen LogP contribution < -0.4 is 15.9 Å². The van der Waals surface area contributed by atoms with Crippen LogP contribution in [-0.2, 0) is 6.54 Å². The molecule has 1 N–H and O–H groups in total. The van der Waals surface area contributed by atoms with Crippen LogP contribution in [0, 0.1) is 39.0 Å². The van der Waals surface area contributed by atoms with Gasteiger partial charge in [-0.2, -0.15) is 5.26 Å². The molecule has 31 heavy (non-hydrogen) atoms. The van der Waals surface area contributed by atoms with E-state index in [2.05, 4.69) is 21.0 Å². The molecule has 0 saturated carbocycles. The number of H-pyrrole nitrogens is 1. The Morgan fingerprint density at radius 1 is 1.19 bits per heavy atom. The third-order valence-electron chi connectivity index (χ3n) is 4.86. The lowest BCUT2D eigenvalue weighted by molar-refractivity contribution is 0.344. The number of rotatable bonds is 5. The Kier molecular flexibility index (Phi) is 6.02. The first-order valence-corrected chi connectivity index (χ1v) is 9.61. The molecule has 2 heterocycles. The maximum absolute atomic E-state index is 14.2. The molecule has 0 spiro atoms. The first-order chi connectivity index (χ1) is 14.6. The van der Waals surface area contributed by atoms with Gasteiger partial charge in [0.15, 0.2) is 0 Å². The Balaban J connectivity index is 2.12. The number of aromatic nitrogens is 4. The number of ether oxygens (including phenoxy) is 1. The topological polar surface area (TPSA) is 114 Å². The molecule has 1 atom stereocenters. The van der Waals surface area contributed by atoms with Crippen LogP contribution in [0.2, 0.25) is 0 Å². The Labute approximate surface area is 178 Å². The minimum atomic E-state index is -1.55. The molecule has 8 nitrogen and oxygen atoms in total. The fourth-order valence-corrected chi connectivity index (χ4v) is 3.36. The molecule has 0 aliphatic heterocycles. The SMILES string of the molecule is Cc1nc(C)c(Cn2cnc(C(C)F)c(Oc3c(C)cc(C#N)cc3C)c2=O)c(=O)[nH]1. The average Bonchev–Trinajstić information content (AvgIpc) is 2.68. The van der Waals surface area contributed by atoms with Crippen molar-refractivity contribution < 1.29 is 9.13 Å². The maximum atomic E-state index is 14.2. The van der Waals surface area contributed by atoms with E-state index in [4.69, 9.17) is 10.00 Å². The van der Waals surface area contributed by atoms with Crippen molar-refractivity contribution in [3.63, 3.8) is 0 Å². The van der Waals surface area contributed by atoms with Gasteiger partial charge in [0.25, 0.3) is 11.1 Å². The molecule has 0 aliphatic rings. The van der Waals surface area contributed by atoms with Crippen molar-refractivity contribution in [2.75, 3.05) is 0 Å². The summed E-state index contributed by atoms with van der Waals surface area (Å²) in [4.78, 5) is 36.4. The van der Waals surface area contributed by atoms with Gasteiger partial charge < -0.3 is 9.72 Å². The Morgan fingerprint density at radius 3 is 2.39 bits per heavy atom. The molecular formula is C22H22FN5O3.